The van der Waals surface area contributed by atoms with Gasteiger partial charge in [0, 0.05) is 54.7 Å². The van der Waals surface area contributed by atoms with Crippen LogP contribution in [0.25, 0.3) is 10.9 Å². The van der Waals surface area contributed by atoms with Crippen LogP contribution in [0.15, 0.2) is 24.8 Å². The molecule has 9 nitrogen and oxygen atoms in total. The Kier molecular flexibility index (Phi) is 8.65. The van der Waals surface area contributed by atoms with Crippen LogP contribution in [0.1, 0.15) is 60.8 Å². The maximum atomic E-state index is 13.5. The molecule has 2 fully saturated rings. The van der Waals surface area contributed by atoms with Crippen LogP contribution in [0, 0.1) is 0 Å². The molecule has 1 unspecified atom stereocenters. The van der Waals surface area contributed by atoms with Gasteiger partial charge in [0.2, 0.25) is 5.91 Å². The van der Waals surface area contributed by atoms with Gasteiger partial charge in [0.05, 0.1) is 18.1 Å². The number of aryl methyl sites for hydroxylation is 2. The molecule has 0 spiro atoms. The number of rotatable bonds is 9. The Morgan fingerprint density at radius 1 is 1.21 bits per heavy atom. The van der Waals surface area contributed by atoms with Crippen LogP contribution in [0.5, 0.6) is 0 Å². The Bertz CT molecular complexity index is 1510. The van der Waals surface area contributed by atoms with Crippen molar-refractivity contribution in [2.24, 2.45) is 0 Å². The Labute approximate surface area is 253 Å². The maximum Gasteiger partial charge on any atom is 0.271 e. The zero-order valence-electron chi connectivity index (χ0n) is 23.9. The number of aromatic nitrogens is 4. The topological polar surface area (TPSA) is 99.1 Å². The van der Waals surface area contributed by atoms with Gasteiger partial charge in [-0.15, -0.1) is 0 Å². The average molecular weight is 623 g/mol. The average Bonchev–Trinajstić information content (AvgIpc) is 3.59. The molecule has 0 saturated carbocycles. The lowest BCUT2D eigenvalue weighted by molar-refractivity contribution is -0.130. The summed E-state index contributed by atoms with van der Waals surface area (Å²) in [4.78, 5) is 33.2. The Morgan fingerprint density at radius 2 is 1.95 bits per heavy atom. The monoisotopic (exact) mass is 621 g/mol. The van der Waals surface area contributed by atoms with Gasteiger partial charge in [0.25, 0.3) is 12.3 Å². The molecule has 1 aromatic carbocycles. The molecule has 5 rings (SSSR count). The van der Waals surface area contributed by atoms with Gasteiger partial charge in [-0.05, 0) is 42.0 Å². The van der Waals surface area contributed by atoms with E-state index in [4.69, 9.17) is 23.2 Å². The van der Waals surface area contributed by atoms with Crippen LogP contribution < -0.4 is 5.32 Å². The van der Waals surface area contributed by atoms with Crippen LogP contribution in [0.4, 0.5) is 8.78 Å². The Balaban J connectivity index is 1.41. The summed E-state index contributed by atoms with van der Waals surface area (Å²) in [7, 11) is 0. The molecule has 4 heterocycles. The minimum Gasteiger partial charge on any atom is -0.344 e. The number of hydrogen-bond donors (Lipinski definition) is 2. The third kappa shape index (κ3) is 6.18. The predicted octanol–water partition coefficient (Wildman–Crippen LogP) is 4.79. The molecule has 226 valence electrons. The fraction of sp³-hybridized carbons (Fsp3) is 0.517. The summed E-state index contributed by atoms with van der Waals surface area (Å²) >= 11 is 13.1. The van der Waals surface area contributed by atoms with E-state index in [0.29, 0.717) is 56.3 Å². The molecule has 2 N–H and O–H groups in total. The molecule has 2 amide bonds. The fourth-order valence-electron chi connectivity index (χ4n) is 5.82. The number of benzene rings is 1. The number of fused-ring (bicyclic) bond motifs is 1. The molecule has 0 aliphatic carbocycles. The minimum atomic E-state index is -2.45. The normalized spacial score (nSPS) is 18.2. The van der Waals surface area contributed by atoms with Gasteiger partial charge in [0.15, 0.2) is 5.15 Å². The van der Waals surface area contributed by atoms with Gasteiger partial charge in [-0.3, -0.25) is 19.6 Å². The lowest BCUT2D eigenvalue weighted by Gasteiger charge is -2.39. The van der Waals surface area contributed by atoms with Crippen molar-refractivity contribution in [1.29, 1.82) is 0 Å². The number of likely N-dealkylation sites (tertiary alicyclic amines) is 2. The zero-order valence-corrected chi connectivity index (χ0v) is 25.4. The van der Waals surface area contributed by atoms with E-state index in [1.54, 1.807) is 9.80 Å². The molecular formula is C29H35Cl2F2N7O2. The summed E-state index contributed by atoms with van der Waals surface area (Å²) in [5.74, 6) is -0.00347. The largest absolute Gasteiger partial charge is 0.344 e. The molecule has 13 heteroatoms. The Morgan fingerprint density at radius 3 is 2.62 bits per heavy atom. The van der Waals surface area contributed by atoms with E-state index in [-0.39, 0.29) is 40.8 Å². The maximum absolute atomic E-state index is 13.5. The number of carbonyl (C=O) groups excluding carboxylic acids is 2. The van der Waals surface area contributed by atoms with Crippen LogP contribution in [0.3, 0.4) is 0 Å². The minimum absolute atomic E-state index is 0.0597. The molecule has 3 aromatic rings. The highest BCUT2D eigenvalue weighted by Gasteiger charge is 2.35. The number of amides is 2. The molecule has 2 aliphatic rings. The number of imidazole rings is 1. The number of halogens is 4. The van der Waals surface area contributed by atoms with Crippen molar-refractivity contribution in [3.8, 4) is 0 Å². The van der Waals surface area contributed by atoms with E-state index in [1.165, 1.54) is 6.08 Å². The second kappa shape index (κ2) is 11.9. The smallest absolute Gasteiger partial charge is 0.271 e. The number of nitrogens with one attached hydrogen (secondary N) is 2. The van der Waals surface area contributed by atoms with Gasteiger partial charge in [-0.2, -0.15) is 5.10 Å². The van der Waals surface area contributed by atoms with Gasteiger partial charge in [0.1, 0.15) is 11.5 Å². The van der Waals surface area contributed by atoms with Crippen LogP contribution in [0.2, 0.25) is 10.2 Å². The van der Waals surface area contributed by atoms with Crippen molar-refractivity contribution in [3.05, 3.63) is 57.7 Å². The predicted molar refractivity (Wildman–Crippen MR) is 159 cm³/mol. The molecule has 2 aliphatic heterocycles. The second-order valence-corrected chi connectivity index (χ2v) is 12.8. The number of hydrogen-bond acceptors (Lipinski definition) is 5. The van der Waals surface area contributed by atoms with E-state index < -0.39 is 12.3 Å². The number of alkyl halides is 2. The molecule has 2 saturated heterocycles. The number of aromatic amines is 1. The summed E-state index contributed by atoms with van der Waals surface area (Å²) in [6.45, 7) is 11.0. The molecular weight excluding hydrogens is 587 g/mol. The van der Waals surface area contributed by atoms with Crippen molar-refractivity contribution in [3.63, 3.8) is 0 Å². The lowest BCUT2D eigenvalue weighted by atomic mass is 9.86. The van der Waals surface area contributed by atoms with Crippen LogP contribution in [-0.4, -0.2) is 86.6 Å². The molecule has 0 bridgehead atoms. The van der Waals surface area contributed by atoms with E-state index in [0.717, 1.165) is 22.2 Å². The van der Waals surface area contributed by atoms with E-state index >= 15 is 0 Å². The van der Waals surface area contributed by atoms with Crippen molar-refractivity contribution in [2.75, 3.05) is 32.7 Å². The highest BCUT2D eigenvalue weighted by atomic mass is 35.5. The highest BCUT2D eigenvalue weighted by Crippen LogP contribution is 2.34. The number of H-pyrrole nitrogens is 1. The molecule has 2 aromatic heterocycles. The zero-order chi connectivity index (χ0) is 30.3. The van der Waals surface area contributed by atoms with Gasteiger partial charge in [-0.25, -0.2) is 13.8 Å². The number of nitrogens with zero attached hydrogens (tertiary/aromatic N) is 5. The fourth-order valence-corrected chi connectivity index (χ4v) is 6.54. The highest BCUT2D eigenvalue weighted by molar-refractivity contribution is 6.32. The summed E-state index contributed by atoms with van der Waals surface area (Å²) in [5, 5.41) is 12.2. The summed E-state index contributed by atoms with van der Waals surface area (Å²) in [6, 6.07) is 3.44. The second-order valence-electron chi connectivity index (χ2n) is 12.0. The van der Waals surface area contributed by atoms with Gasteiger partial charge in [-0.1, -0.05) is 50.6 Å². The first-order chi connectivity index (χ1) is 19.8. The first-order valence-electron chi connectivity index (χ1n) is 14.0. The first-order valence-corrected chi connectivity index (χ1v) is 14.8. The molecule has 1 atom stereocenters. The van der Waals surface area contributed by atoms with Crippen molar-refractivity contribution >= 4 is 45.9 Å². The van der Waals surface area contributed by atoms with Gasteiger partial charge < -0.3 is 14.8 Å². The van der Waals surface area contributed by atoms with Crippen molar-refractivity contribution < 1.29 is 18.4 Å². The van der Waals surface area contributed by atoms with Crippen LogP contribution >= 0.6 is 23.2 Å². The SMILES string of the molecule is C=CC(=O)N1CC(NC(=O)c2c(Cl)nc(CCc3[nH]nc4cc(Cl)c(C(C)(C)C)cc34)n2C2CCN(CC(F)F)C2)C1. The van der Waals surface area contributed by atoms with E-state index in [1.807, 2.05) is 10.6 Å². The Hall–Kier alpha value is -3.02. The summed E-state index contributed by atoms with van der Waals surface area (Å²) in [6.07, 6.45) is 0.345. The van der Waals surface area contributed by atoms with Gasteiger partial charge >= 0.3 is 0 Å². The van der Waals surface area contributed by atoms with E-state index in [9.17, 15) is 18.4 Å². The van der Waals surface area contributed by atoms with Crippen molar-refractivity contribution in [2.45, 2.75) is 64.0 Å². The van der Waals surface area contributed by atoms with Crippen LogP contribution in [-0.2, 0) is 23.1 Å². The quantitative estimate of drug-likeness (QED) is 0.335. The van der Waals surface area contributed by atoms with Crippen molar-refractivity contribution in [1.82, 2.24) is 34.9 Å². The first kappa shape index (κ1) is 30.4. The standard InChI is InChI=1S/C29H35Cl2F2N7O2/c1-5-25(41)39-12-16(13-39)34-28(42)26-27(31)35-24(40(26)17-8-9-38(14-17)15-23(32)33)7-6-21-18-10-19(29(2,3)4)20(30)11-22(18)37-36-21/h5,10-11,16-17,23H,1,6-9,12-15H2,2-4H3,(H,34,42)(H,36,37). The molecule has 0 radical (unpaired) electrons. The summed E-state index contributed by atoms with van der Waals surface area (Å²) in [5.41, 5.74) is 2.72. The third-order valence-electron chi connectivity index (χ3n) is 8.00. The van der Waals surface area contributed by atoms with E-state index in [2.05, 4.69) is 53.9 Å². The lowest BCUT2D eigenvalue weighted by Crippen LogP contribution is -2.60. The molecule has 42 heavy (non-hydrogen) atoms. The summed E-state index contributed by atoms with van der Waals surface area (Å²) < 4.78 is 28.1. The number of carbonyl (C=O) groups is 2. The third-order valence-corrected chi connectivity index (χ3v) is 8.57.